The molecular weight excluding hydrogens is 374 g/mol. The minimum absolute atomic E-state index is 0.157. The second kappa shape index (κ2) is 7.43. The Balaban J connectivity index is 1.41. The molecule has 8 nitrogen and oxygen atoms in total. The number of hydrogen-bond donors (Lipinski definition) is 2. The van der Waals surface area contributed by atoms with Crippen LogP contribution in [0, 0.1) is 0 Å². The summed E-state index contributed by atoms with van der Waals surface area (Å²) in [5, 5.41) is 5.28. The number of hydrogen-bond acceptors (Lipinski definition) is 5. The summed E-state index contributed by atoms with van der Waals surface area (Å²) < 4.78 is 5.03. The molecule has 0 unspecified atom stereocenters. The molecule has 144 valence electrons. The van der Waals surface area contributed by atoms with Crippen molar-refractivity contribution in [2.24, 2.45) is 0 Å². The Morgan fingerprint density at radius 3 is 2.10 bits per heavy atom. The lowest BCUT2D eigenvalue weighted by molar-refractivity contribution is -0.116. The highest BCUT2D eigenvalue weighted by Crippen LogP contribution is 2.22. The van der Waals surface area contributed by atoms with E-state index < -0.39 is 30.2 Å². The van der Waals surface area contributed by atoms with Gasteiger partial charge < -0.3 is 15.1 Å². The number of anilines is 2. The van der Waals surface area contributed by atoms with Crippen molar-refractivity contribution in [2.75, 3.05) is 17.2 Å². The number of carbonyl (C=O) groups is 4. The third-order valence-corrected chi connectivity index (χ3v) is 4.33. The second-order valence-electron chi connectivity index (χ2n) is 6.30. The third kappa shape index (κ3) is 3.63. The summed E-state index contributed by atoms with van der Waals surface area (Å²) in [5.41, 5.74) is 1.43. The number of rotatable bonds is 5. The molecule has 4 amide bonds. The maximum absolute atomic E-state index is 12.4. The van der Waals surface area contributed by atoms with Gasteiger partial charge in [-0.2, -0.15) is 0 Å². The fraction of sp³-hybridized carbons (Fsp3) is 0.0476. The van der Waals surface area contributed by atoms with Crippen LogP contribution in [-0.4, -0.2) is 35.1 Å². The largest absolute Gasteiger partial charge is 0.459 e. The molecule has 0 radical (unpaired) electrons. The number of benzene rings is 2. The first kappa shape index (κ1) is 18.2. The van der Waals surface area contributed by atoms with Crippen molar-refractivity contribution in [3.05, 3.63) is 83.8 Å². The monoisotopic (exact) mass is 389 g/mol. The van der Waals surface area contributed by atoms with Crippen LogP contribution in [0.5, 0.6) is 0 Å². The van der Waals surface area contributed by atoms with Crippen molar-refractivity contribution in [1.29, 1.82) is 0 Å². The van der Waals surface area contributed by atoms with Crippen LogP contribution >= 0.6 is 0 Å². The molecule has 4 rings (SSSR count). The highest BCUT2D eigenvalue weighted by molar-refractivity contribution is 6.22. The van der Waals surface area contributed by atoms with Crippen LogP contribution in [0.25, 0.3) is 0 Å². The van der Waals surface area contributed by atoms with E-state index in [9.17, 15) is 19.2 Å². The quantitative estimate of drug-likeness (QED) is 0.652. The third-order valence-electron chi connectivity index (χ3n) is 4.33. The Kier molecular flexibility index (Phi) is 4.66. The molecule has 2 N–H and O–H groups in total. The maximum atomic E-state index is 12.4. The number of fused-ring (bicyclic) bond motifs is 1. The molecule has 0 saturated carbocycles. The molecular formula is C21H15N3O5. The summed E-state index contributed by atoms with van der Waals surface area (Å²) in [6.45, 7) is -0.407. The molecule has 1 aliphatic rings. The van der Waals surface area contributed by atoms with Gasteiger partial charge in [-0.05, 0) is 42.5 Å². The van der Waals surface area contributed by atoms with E-state index in [0.717, 1.165) is 4.90 Å². The summed E-state index contributed by atoms with van der Waals surface area (Å²) in [7, 11) is 0. The zero-order valence-electron chi connectivity index (χ0n) is 15.0. The van der Waals surface area contributed by atoms with Gasteiger partial charge >= 0.3 is 0 Å². The molecule has 1 aromatic heterocycles. The fourth-order valence-corrected chi connectivity index (χ4v) is 3.00. The normalized spacial score (nSPS) is 12.6. The summed E-state index contributed by atoms with van der Waals surface area (Å²) in [5.74, 6) is -1.80. The van der Waals surface area contributed by atoms with Gasteiger partial charge in [-0.3, -0.25) is 24.1 Å². The van der Waals surface area contributed by atoms with Crippen LogP contribution in [-0.2, 0) is 4.79 Å². The molecule has 0 fully saturated rings. The first-order chi connectivity index (χ1) is 14.0. The van der Waals surface area contributed by atoms with Crippen molar-refractivity contribution in [1.82, 2.24) is 4.90 Å². The number of furan rings is 1. The van der Waals surface area contributed by atoms with Crippen LogP contribution in [0.4, 0.5) is 11.4 Å². The van der Waals surface area contributed by atoms with E-state index >= 15 is 0 Å². The molecule has 3 aromatic rings. The fourth-order valence-electron chi connectivity index (χ4n) is 3.00. The van der Waals surface area contributed by atoms with E-state index in [1.54, 1.807) is 54.6 Å². The van der Waals surface area contributed by atoms with E-state index in [-0.39, 0.29) is 16.9 Å². The number of nitrogens with one attached hydrogen (secondary N) is 2. The number of carbonyl (C=O) groups excluding carboxylic acids is 4. The maximum Gasteiger partial charge on any atom is 0.291 e. The molecule has 2 aromatic carbocycles. The van der Waals surface area contributed by atoms with E-state index in [1.165, 1.54) is 12.3 Å². The molecule has 0 bridgehead atoms. The molecule has 29 heavy (non-hydrogen) atoms. The van der Waals surface area contributed by atoms with Gasteiger partial charge in [0.05, 0.1) is 17.4 Å². The minimum Gasteiger partial charge on any atom is -0.459 e. The van der Waals surface area contributed by atoms with Crippen molar-refractivity contribution in [3.63, 3.8) is 0 Å². The average molecular weight is 389 g/mol. The van der Waals surface area contributed by atoms with Gasteiger partial charge in [-0.1, -0.05) is 18.2 Å². The summed E-state index contributed by atoms with van der Waals surface area (Å²) in [6, 6.07) is 16.1. The predicted octanol–water partition coefficient (Wildman–Crippen LogP) is 2.77. The van der Waals surface area contributed by atoms with Crippen molar-refractivity contribution in [3.8, 4) is 0 Å². The molecule has 0 atom stereocenters. The average Bonchev–Trinajstić information content (AvgIpc) is 3.33. The minimum atomic E-state index is -0.533. The Labute approximate surface area is 165 Å². The van der Waals surface area contributed by atoms with Crippen LogP contribution in [0.2, 0.25) is 0 Å². The summed E-state index contributed by atoms with van der Waals surface area (Å²) in [6.07, 6.45) is 1.39. The Bertz CT molecular complexity index is 1090. The van der Waals surface area contributed by atoms with Gasteiger partial charge in [0.25, 0.3) is 17.7 Å². The lowest BCUT2D eigenvalue weighted by Crippen LogP contribution is -2.37. The number of nitrogens with zero attached hydrogens (tertiary/aromatic N) is 1. The Morgan fingerprint density at radius 1 is 0.828 bits per heavy atom. The topological polar surface area (TPSA) is 109 Å². The molecule has 0 aliphatic carbocycles. The predicted molar refractivity (Wildman–Crippen MR) is 104 cm³/mol. The smallest absolute Gasteiger partial charge is 0.291 e. The Hall–Kier alpha value is -4.20. The van der Waals surface area contributed by atoms with Crippen LogP contribution in [0.3, 0.4) is 0 Å². The first-order valence-corrected chi connectivity index (χ1v) is 8.73. The molecule has 1 aliphatic heterocycles. The van der Waals surface area contributed by atoms with Gasteiger partial charge in [-0.25, -0.2) is 0 Å². The van der Waals surface area contributed by atoms with Crippen LogP contribution in [0.1, 0.15) is 31.3 Å². The summed E-state index contributed by atoms with van der Waals surface area (Å²) in [4.78, 5) is 50.0. The van der Waals surface area contributed by atoms with E-state index in [1.807, 2.05) is 0 Å². The molecule has 0 spiro atoms. The van der Waals surface area contributed by atoms with Crippen molar-refractivity contribution in [2.45, 2.75) is 0 Å². The number of imide groups is 1. The standard InChI is InChI=1S/C21H15N3O5/c25-18(12-24-20(27)15-7-1-2-8-16(15)21(24)28)22-13-5-3-6-14(11-13)23-19(26)17-9-4-10-29-17/h1-11H,12H2,(H,22,25)(H,23,26). The van der Waals surface area contributed by atoms with Gasteiger partial charge in [0.2, 0.25) is 5.91 Å². The summed E-state index contributed by atoms with van der Waals surface area (Å²) >= 11 is 0. The van der Waals surface area contributed by atoms with Crippen molar-refractivity contribution < 1.29 is 23.6 Å². The SMILES string of the molecule is O=C(CN1C(=O)c2ccccc2C1=O)Nc1cccc(NC(=O)c2ccco2)c1. The molecule has 8 heteroatoms. The van der Waals surface area contributed by atoms with Crippen molar-refractivity contribution >= 4 is 35.0 Å². The van der Waals surface area contributed by atoms with E-state index in [0.29, 0.717) is 11.4 Å². The van der Waals surface area contributed by atoms with E-state index in [2.05, 4.69) is 10.6 Å². The molecule has 0 saturated heterocycles. The lowest BCUT2D eigenvalue weighted by atomic mass is 10.1. The highest BCUT2D eigenvalue weighted by atomic mass is 16.3. The van der Waals surface area contributed by atoms with Crippen LogP contribution in [0.15, 0.2) is 71.3 Å². The zero-order valence-corrected chi connectivity index (χ0v) is 15.0. The van der Waals surface area contributed by atoms with Gasteiger partial charge in [0.1, 0.15) is 6.54 Å². The number of amides is 4. The van der Waals surface area contributed by atoms with Gasteiger partial charge in [0, 0.05) is 11.4 Å². The highest BCUT2D eigenvalue weighted by Gasteiger charge is 2.36. The van der Waals surface area contributed by atoms with Crippen LogP contribution < -0.4 is 10.6 Å². The molecule has 2 heterocycles. The lowest BCUT2D eigenvalue weighted by Gasteiger charge is -2.14. The van der Waals surface area contributed by atoms with E-state index in [4.69, 9.17) is 4.42 Å². The first-order valence-electron chi connectivity index (χ1n) is 8.73. The van der Waals surface area contributed by atoms with Gasteiger partial charge in [0.15, 0.2) is 5.76 Å². The van der Waals surface area contributed by atoms with Gasteiger partial charge in [-0.15, -0.1) is 0 Å². The second-order valence-corrected chi connectivity index (χ2v) is 6.30. The Morgan fingerprint density at radius 2 is 1.48 bits per heavy atom. The zero-order chi connectivity index (χ0) is 20.4.